The van der Waals surface area contributed by atoms with Gasteiger partial charge in [-0.15, -0.1) is 0 Å². The van der Waals surface area contributed by atoms with Gasteiger partial charge in [0, 0.05) is 12.8 Å². The molecule has 0 aromatic heterocycles. The van der Waals surface area contributed by atoms with E-state index in [1.807, 2.05) is 0 Å². The molecule has 0 unspecified atom stereocenters. The lowest BCUT2D eigenvalue weighted by atomic mass is 10.1. The van der Waals surface area contributed by atoms with Gasteiger partial charge in [-0.1, -0.05) is 70.3 Å². The summed E-state index contributed by atoms with van der Waals surface area (Å²) >= 11 is 0. The van der Waals surface area contributed by atoms with Crippen LogP contribution >= 0.6 is 0 Å². The van der Waals surface area contributed by atoms with Crippen molar-refractivity contribution < 1.29 is 14.3 Å². The van der Waals surface area contributed by atoms with Crippen LogP contribution in [0, 0.1) is 0 Å². The van der Waals surface area contributed by atoms with Gasteiger partial charge >= 0.3 is 11.9 Å². The summed E-state index contributed by atoms with van der Waals surface area (Å²) in [6, 6.07) is 0. The summed E-state index contributed by atoms with van der Waals surface area (Å²) in [5, 5.41) is 0. The van der Waals surface area contributed by atoms with E-state index in [0.29, 0.717) is 6.42 Å². The molecule has 0 aromatic carbocycles. The third kappa shape index (κ3) is 17.0. The molecular weight excluding hydrogens is 300 g/mol. The van der Waals surface area contributed by atoms with Gasteiger partial charge in [-0.05, 0) is 38.5 Å². The molecule has 0 aliphatic carbocycles. The van der Waals surface area contributed by atoms with Gasteiger partial charge in [0.25, 0.3) is 0 Å². The average Bonchev–Trinajstić information content (AvgIpc) is 2.58. The highest BCUT2D eigenvalue weighted by molar-refractivity contribution is 5.85. The minimum atomic E-state index is -0.428. The molecule has 0 radical (unpaired) electrons. The largest absolute Gasteiger partial charge is 0.393 e. The Balaban J connectivity index is 3.31. The number of rotatable bonds is 15. The van der Waals surface area contributed by atoms with Crippen molar-refractivity contribution in [3.05, 3.63) is 24.3 Å². The van der Waals surface area contributed by atoms with Crippen molar-refractivity contribution in [1.29, 1.82) is 0 Å². The molecule has 0 saturated heterocycles. The van der Waals surface area contributed by atoms with Crippen LogP contribution in [0.4, 0.5) is 0 Å². The zero-order chi connectivity index (χ0) is 17.9. The summed E-state index contributed by atoms with van der Waals surface area (Å²) in [7, 11) is 0. The van der Waals surface area contributed by atoms with Gasteiger partial charge in [-0.3, -0.25) is 9.59 Å². The smallest absolute Gasteiger partial charge is 0.313 e. The first-order valence-electron chi connectivity index (χ1n) is 9.74. The fourth-order valence-corrected chi connectivity index (χ4v) is 2.33. The van der Waals surface area contributed by atoms with Crippen molar-refractivity contribution in [3.8, 4) is 0 Å². The zero-order valence-corrected chi connectivity index (χ0v) is 15.7. The fourth-order valence-electron chi connectivity index (χ4n) is 2.33. The Hall–Kier alpha value is -1.38. The van der Waals surface area contributed by atoms with Crippen molar-refractivity contribution in [1.82, 2.24) is 0 Å². The molecule has 0 atom stereocenters. The highest BCUT2D eigenvalue weighted by atomic mass is 16.6. The van der Waals surface area contributed by atoms with E-state index in [9.17, 15) is 9.59 Å². The van der Waals surface area contributed by atoms with Crippen LogP contribution in [0.25, 0.3) is 0 Å². The Labute approximate surface area is 148 Å². The first-order valence-corrected chi connectivity index (χ1v) is 9.74. The summed E-state index contributed by atoms with van der Waals surface area (Å²) in [5.41, 5.74) is 0. The molecule has 0 spiro atoms. The maximum atomic E-state index is 11.3. The van der Waals surface area contributed by atoms with Gasteiger partial charge in [0.1, 0.15) is 0 Å². The van der Waals surface area contributed by atoms with Gasteiger partial charge < -0.3 is 4.74 Å². The molecule has 3 nitrogen and oxygen atoms in total. The third-order valence-electron chi connectivity index (χ3n) is 3.85. The molecule has 0 N–H and O–H groups in total. The summed E-state index contributed by atoms with van der Waals surface area (Å²) in [4.78, 5) is 22.2. The van der Waals surface area contributed by atoms with Crippen LogP contribution in [0.5, 0.6) is 0 Å². The maximum absolute atomic E-state index is 11.3. The first-order chi connectivity index (χ1) is 11.7. The molecule has 0 heterocycles. The van der Waals surface area contributed by atoms with Crippen LogP contribution in [0.2, 0.25) is 0 Å². The van der Waals surface area contributed by atoms with Gasteiger partial charge in [-0.2, -0.15) is 0 Å². The van der Waals surface area contributed by atoms with Crippen molar-refractivity contribution in [3.63, 3.8) is 0 Å². The quantitative estimate of drug-likeness (QED) is 0.153. The molecule has 0 fully saturated rings. The second-order valence-electron chi connectivity index (χ2n) is 6.18. The van der Waals surface area contributed by atoms with Crippen LogP contribution < -0.4 is 0 Å². The molecule has 24 heavy (non-hydrogen) atoms. The number of carbonyl (C=O) groups is 2. The van der Waals surface area contributed by atoms with Crippen LogP contribution in [0.15, 0.2) is 24.3 Å². The molecule has 0 bridgehead atoms. The number of hydrogen-bond donors (Lipinski definition) is 0. The highest BCUT2D eigenvalue weighted by Gasteiger charge is 2.07. The van der Waals surface area contributed by atoms with E-state index >= 15 is 0 Å². The average molecular weight is 337 g/mol. The van der Waals surface area contributed by atoms with E-state index in [-0.39, 0.29) is 12.4 Å². The minimum absolute atomic E-state index is 0.258. The second kappa shape index (κ2) is 18.0. The number of allylic oxidation sites excluding steroid dienone is 4. The summed E-state index contributed by atoms with van der Waals surface area (Å²) in [5.74, 6) is -0.810. The first kappa shape index (κ1) is 22.6. The zero-order valence-electron chi connectivity index (χ0n) is 15.7. The Morgan fingerprint density at radius 3 is 1.92 bits per heavy atom. The van der Waals surface area contributed by atoms with Gasteiger partial charge in [0.05, 0.1) is 0 Å². The number of carbonyl (C=O) groups excluding carboxylic acids is 2. The normalized spacial score (nSPS) is 11.4. The lowest BCUT2D eigenvalue weighted by Gasteiger charge is -2.01. The van der Waals surface area contributed by atoms with Crippen LogP contribution in [0.3, 0.4) is 0 Å². The van der Waals surface area contributed by atoms with Crippen molar-refractivity contribution in [2.24, 2.45) is 0 Å². The van der Waals surface area contributed by atoms with E-state index < -0.39 is 5.97 Å². The molecule has 0 saturated carbocycles. The summed E-state index contributed by atoms with van der Waals surface area (Å²) in [6.07, 6.45) is 22.4. The van der Waals surface area contributed by atoms with Crippen molar-refractivity contribution in [2.45, 2.75) is 97.3 Å². The van der Waals surface area contributed by atoms with Gasteiger partial charge in [-0.25, -0.2) is 0 Å². The van der Waals surface area contributed by atoms with E-state index in [1.54, 1.807) is 6.92 Å². The second-order valence-corrected chi connectivity index (χ2v) is 6.18. The number of esters is 2. The van der Waals surface area contributed by atoms with Crippen molar-refractivity contribution >= 4 is 11.9 Å². The Morgan fingerprint density at radius 2 is 1.29 bits per heavy atom. The Morgan fingerprint density at radius 1 is 0.708 bits per heavy atom. The molecule has 0 aromatic rings. The fraction of sp³-hybridized carbons (Fsp3) is 0.714. The van der Waals surface area contributed by atoms with E-state index in [2.05, 4.69) is 36.0 Å². The van der Waals surface area contributed by atoms with Crippen LogP contribution in [-0.2, 0) is 14.3 Å². The number of ether oxygens (including phenoxy) is 1. The van der Waals surface area contributed by atoms with Crippen molar-refractivity contribution in [2.75, 3.05) is 0 Å². The molecule has 138 valence electrons. The van der Waals surface area contributed by atoms with E-state index in [4.69, 9.17) is 0 Å². The molecule has 0 aliphatic rings. The predicted molar refractivity (Wildman–Crippen MR) is 101 cm³/mol. The summed E-state index contributed by atoms with van der Waals surface area (Å²) in [6.45, 7) is 3.92. The Kier molecular flexibility index (Phi) is 16.9. The predicted octanol–water partition coefficient (Wildman–Crippen LogP) is 6.28. The van der Waals surface area contributed by atoms with Crippen LogP contribution in [-0.4, -0.2) is 11.9 Å². The van der Waals surface area contributed by atoms with Gasteiger partial charge in [0.2, 0.25) is 0 Å². The third-order valence-corrected chi connectivity index (χ3v) is 3.85. The molecular formula is C21H36O3. The number of hydrogen-bond acceptors (Lipinski definition) is 3. The molecule has 3 heteroatoms. The topological polar surface area (TPSA) is 43.4 Å². The lowest BCUT2D eigenvalue weighted by Crippen LogP contribution is -2.10. The van der Waals surface area contributed by atoms with Crippen LogP contribution in [0.1, 0.15) is 97.3 Å². The SMILES string of the molecule is CCCCCC=CCC=CCCCCCCCC(=O)OC(=O)CC. The minimum Gasteiger partial charge on any atom is -0.393 e. The number of unbranched alkanes of at least 4 members (excludes halogenated alkanes) is 8. The standard InChI is InChI=1S/C21H36O3/c1-3-5-6-7-8-9-10-11-12-13-14-15-16-17-18-19-21(23)24-20(22)4-2/h8-9,11-12H,3-7,10,13-19H2,1-2H3. The Bertz CT molecular complexity index is 369. The highest BCUT2D eigenvalue weighted by Crippen LogP contribution is 2.09. The molecule has 0 aliphatic heterocycles. The van der Waals surface area contributed by atoms with E-state index in [1.165, 1.54) is 38.5 Å². The lowest BCUT2D eigenvalue weighted by molar-refractivity contribution is -0.159. The summed E-state index contributed by atoms with van der Waals surface area (Å²) < 4.78 is 4.63. The molecule has 0 amide bonds. The van der Waals surface area contributed by atoms with E-state index in [0.717, 1.165) is 32.1 Å². The maximum Gasteiger partial charge on any atom is 0.313 e. The molecule has 0 rings (SSSR count). The van der Waals surface area contributed by atoms with Gasteiger partial charge in [0.15, 0.2) is 0 Å². The monoisotopic (exact) mass is 336 g/mol.